The number of carbonyl (C=O) groups excluding carboxylic acids is 4. The van der Waals surface area contributed by atoms with Crippen LogP contribution < -0.4 is 10.6 Å². The molecule has 54 heavy (non-hydrogen) atoms. The van der Waals surface area contributed by atoms with Gasteiger partial charge < -0.3 is 49.3 Å². The van der Waals surface area contributed by atoms with E-state index in [1.807, 2.05) is 6.20 Å². The highest BCUT2D eigenvalue weighted by Gasteiger charge is 2.38. The number of benzene rings is 1. The number of hydrogen-bond acceptors (Lipinski definition) is 10. The number of aromatic nitrogens is 4. The topological polar surface area (TPSA) is 193 Å². The van der Waals surface area contributed by atoms with Gasteiger partial charge >= 0.3 is 12.2 Å². The second-order valence-corrected chi connectivity index (χ2v) is 13.9. The molecule has 0 spiro atoms. The highest BCUT2D eigenvalue weighted by atomic mass is 16.5. The Morgan fingerprint density at radius 3 is 1.76 bits per heavy atom. The van der Waals surface area contributed by atoms with Crippen LogP contribution >= 0.6 is 0 Å². The summed E-state index contributed by atoms with van der Waals surface area (Å²) in [5, 5.41) is 5.16. The average molecular weight is 747 g/mol. The van der Waals surface area contributed by atoms with Crippen molar-refractivity contribution < 1.29 is 38.1 Å². The van der Waals surface area contributed by atoms with Crippen molar-refractivity contribution in [3.63, 3.8) is 0 Å². The lowest BCUT2D eigenvalue weighted by Crippen LogP contribution is -2.50. The summed E-state index contributed by atoms with van der Waals surface area (Å²) in [4.78, 5) is 70.3. The van der Waals surface area contributed by atoms with Gasteiger partial charge in [0, 0.05) is 27.3 Å². The molecule has 1 aromatic carbocycles. The number of nitrogens with one attached hydrogen (secondary N) is 4. The first-order chi connectivity index (χ1) is 26.2. The van der Waals surface area contributed by atoms with Crippen LogP contribution in [0.4, 0.5) is 9.59 Å². The zero-order valence-electron chi connectivity index (χ0n) is 31.3. The number of amides is 4. The van der Waals surface area contributed by atoms with Crippen molar-refractivity contribution in [2.75, 3.05) is 54.7 Å². The van der Waals surface area contributed by atoms with Crippen LogP contribution in [-0.2, 0) is 28.5 Å². The Kier molecular flexibility index (Phi) is 12.6. The van der Waals surface area contributed by atoms with Gasteiger partial charge in [0.2, 0.25) is 11.8 Å². The first-order valence-corrected chi connectivity index (χ1v) is 18.4. The average Bonchev–Trinajstić information content (AvgIpc) is 4.04. The lowest BCUT2D eigenvalue weighted by atomic mass is 9.83. The first kappa shape index (κ1) is 38.5. The fraction of sp³-hybridized carbons (Fsp3) is 0.526. The second kappa shape index (κ2) is 17.7. The van der Waals surface area contributed by atoms with Gasteiger partial charge in [0.15, 0.2) is 0 Å². The van der Waals surface area contributed by atoms with E-state index in [9.17, 15) is 19.2 Å². The first-order valence-electron chi connectivity index (χ1n) is 18.4. The fourth-order valence-electron chi connectivity index (χ4n) is 7.75. The maximum Gasteiger partial charge on any atom is 0.407 e. The monoisotopic (exact) mass is 746 g/mol. The molecule has 16 heteroatoms. The Balaban J connectivity index is 1.06. The van der Waals surface area contributed by atoms with Crippen molar-refractivity contribution in [3.8, 4) is 11.3 Å². The summed E-state index contributed by atoms with van der Waals surface area (Å²) in [5.41, 5.74) is 5.31. The smallest absolute Gasteiger partial charge is 0.407 e. The molecule has 2 fully saturated rings. The summed E-state index contributed by atoms with van der Waals surface area (Å²) >= 11 is 0. The summed E-state index contributed by atoms with van der Waals surface area (Å²) in [7, 11) is 5.49. The van der Waals surface area contributed by atoms with Gasteiger partial charge in [0.1, 0.15) is 23.7 Å². The minimum atomic E-state index is -0.855. The maximum absolute atomic E-state index is 13.4. The molecule has 1 unspecified atom stereocenters. The van der Waals surface area contributed by atoms with Gasteiger partial charge in [-0.25, -0.2) is 19.6 Å². The number of rotatable bonds is 13. The standard InChI is InChI=1S/C38H50N8O8/c1-51-21-29(43-37(49)53-3)35(47)45-17-5-7-31(45)33-39-19-27(41-33)25-13-9-23(10-14-25)24-11-15-26(16-12-24)28-20-40-34(42-28)32-8-6-18-46(32)36(48)30(22-52-2)44-38(50)54-4/h9-10,13-15,19-20,24,29-32H,5-8,11-12,16-18,21-22H2,1-4H3,(H,39,41)(H,40,42)(H,43,49)(H,44,50)/t24?,29-,30-,31-,32-/m0/s1. The van der Waals surface area contributed by atoms with Crippen LogP contribution in [0.3, 0.4) is 0 Å². The Hall–Kier alpha value is -5.22. The van der Waals surface area contributed by atoms with E-state index in [0.717, 1.165) is 67.7 Å². The SMILES string of the molecule is COC[C@H](NC(=O)OC)C(=O)N1CCC[C@H]1c1ncc(C2=CCC(c3ccc(-c4cnc([C@@H]5CCCN5C(=O)[C@H](COC)NC(=O)OC)[nH]4)cc3)CC2)[nH]1. The number of nitrogens with zero attached hydrogens (tertiary/aromatic N) is 4. The lowest BCUT2D eigenvalue weighted by Gasteiger charge is -2.28. The van der Waals surface area contributed by atoms with Gasteiger partial charge in [-0.05, 0) is 67.6 Å². The molecule has 2 aromatic heterocycles. The van der Waals surface area contributed by atoms with E-state index in [-0.39, 0.29) is 37.1 Å². The summed E-state index contributed by atoms with van der Waals surface area (Å²) in [6.07, 6.45) is 10.5. The zero-order chi connectivity index (χ0) is 38.2. The third-order valence-corrected chi connectivity index (χ3v) is 10.6. The van der Waals surface area contributed by atoms with E-state index in [4.69, 9.17) is 18.9 Å². The Morgan fingerprint density at radius 1 is 0.759 bits per heavy atom. The molecule has 4 amide bonds. The number of alkyl carbamates (subject to hydrolysis) is 2. The van der Waals surface area contributed by atoms with Crippen LogP contribution in [0.15, 0.2) is 42.7 Å². The number of hydrogen-bond donors (Lipinski definition) is 4. The van der Waals surface area contributed by atoms with E-state index in [1.54, 1.807) is 16.0 Å². The quantitative estimate of drug-likeness (QED) is 0.197. The van der Waals surface area contributed by atoms with Gasteiger partial charge in [-0.1, -0.05) is 30.3 Å². The van der Waals surface area contributed by atoms with Crippen molar-refractivity contribution in [2.45, 2.75) is 75.0 Å². The maximum atomic E-state index is 13.4. The van der Waals surface area contributed by atoms with E-state index in [1.165, 1.54) is 39.6 Å². The lowest BCUT2D eigenvalue weighted by molar-refractivity contribution is -0.136. The molecule has 2 saturated heterocycles. The van der Waals surface area contributed by atoms with Gasteiger partial charge in [0.05, 0.1) is 63.3 Å². The van der Waals surface area contributed by atoms with Gasteiger partial charge in [-0.15, -0.1) is 0 Å². The number of methoxy groups -OCH3 is 4. The van der Waals surface area contributed by atoms with E-state index >= 15 is 0 Å². The molecular weight excluding hydrogens is 696 g/mol. The molecule has 4 N–H and O–H groups in total. The largest absolute Gasteiger partial charge is 0.453 e. The predicted octanol–water partition coefficient (Wildman–Crippen LogP) is 4.22. The molecule has 5 atom stereocenters. The predicted molar refractivity (Wildman–Crippen MR) is 197 cm³/mol. The minimum Gasteiger partial charge on any atom is -0.453 e. The van der Waals surface area contributed by atoms with E-state index < -0.39 is 24.3 Å². The molecule has 0 bridgehead atoms. The van der Waals surface area contributed by atoms with Crippen molar-refractivity contribution in [1.82, 2.24) is 40.4 Å². The molecule has 1 aliphatic carbocycles. The third kappa shape index (κ3) is 8.60. The highest BCUT2D eigenvalue weighted by Crippen LogP contribution is 2.38. The number of carbonyl (C=O) groups is 4. The summed E-state index contributed by atoms with van der Waals surface area (Å²) < 4.78 is 19.8. The molecule has 0 radical (unpaired) electrons. The highest BCUT2D eigenvalue weighted by molar-refractivity contribution is 5.87. The Morgan fingerprint density at radius 2 is 1.28 bits per heavy atom. The normalized spacial score (nSPS) is 21.0. The number of H-pyrrole nitrogens is 2. The van der Waals surface area contributed by atoms with E-state index in [0.29, 0.717) is 24.8 Å². The van der Waals surface area contributed by atoms with Crippen LogP contribution in [0.5, 0.6) is 0 Å². The Labute approximate surface area is 314 Å². The molecule has 6 rings (SSSR count). The van der Waals surface area contributed by atoms with Crippen molar-refractivity contribution in [2.24, 2.45) is 0 Å². The molecule has 2 aliphatic heterocycles. The number of likely N-dealkylation sites (tertiary alicyclic amines) is 2. The third-order valence-electron chi connectivity index (χ3n) is 10.6. The van der Waals surface area contributed by atoms with Crippen LogP contribution in [0.1, 0.15) is 85.9 Å². The summed E-state index contributed by atoms with van der Waals surface area (Å²) in [6, 6.07) is 6.40. The fourth-order valence-corrected chi connectivity index (χ4v) is 7.75. The van der Waals surface area contributed by atoms with Gasteiger partial charge in [0.25, 0.3) is 0 Å². The number of allylic oxidation sites excluding steroid dienone is 2. The van der Waals surface area contributed by atoms with Gasteiger partial charge in [-0.3, -0.25) is 9.59 Å². The van der Waals surface area contributed by atoms with Crippen molar-refractivity contribution in [1.29, 1.82) is 0 Å². The second-order valence-electron chi connectivity index (χ2n) is 13.9. The van der Waals surface area contributed by atoms with Crippen LogP contribution in [0, 0.1) is 0 Å². The number of aromatic amines is 2. The number of ether oxygens (including phenoxy) is 4. The molecular formula is C38H50N8O8. The minimum absolute atomic E-state index is 0.0357. The molecule has 16 nitrogen and oxygen atoms in total. The molecule has 4 heterocycles. The summed E-state index contributed by atoms with van der Waals surface area (Å²) in [5.74, 6) is 1.36. The van der Waals surface area contributed by atoms with Crippen LogP contribution in [-0.4, -0.2) is 121 Å². The van der Waals surface area contributed by atoms with Crippen molar-refractivity contribution in [3.05, 3.63) is 65.6 Å². The van der Waals surface area contributed by atoms with E-state index in [2.05, 4.69) is 60.9 Å². The van der Waals surface area contributed by atoms with Crippen LogP contribution in [0.2, 0.25) is 0 Å². The molecule has 3 aromatic rings. The van der Waals surface area contributed by atoms with Crippen LogP contribution in [0.25, 0.3) is 16.8 Å². The zero-order valence-corrected chi connectivity index (χ0v) is 31.3. The summed E-state index contributed by atoms with van der Waals surface area (Å²) in [6.45, 7) is 1.21. The van der Waals surface area contributed by atoms with Crippen molar-refractivity contribution >= 4 is 29.6 Å². The molecule has 3 aliphatic rings. The number of imidazole rings is 2. The Bertz CT molecular complexity index is 1810. The van der Waals surface area contributed by atoms with Gasteiger partial charge in [-0.2, -0.15) is 0 Å². The molecule has 0 saturated carbocycles. The molecule has 290 valence electrons.